The highest BCUT2D eigenvalue weighted by molar-refractivity contribution is 5.93. The molecule has 0 atom stereocenters. The zero-order valence-corrected chi connectivity index (χ0v) is 22.0. The fourth-order valence-electron chi connectivity index (χ4n) is 4.03. The zero-order chi connectivity index (χ0) is 27.8. The van der Waals surface area contributed by atoms with Crippen LogP contribution in [0.5, 0.6) is 28.7 Å². The van der Waals surface area contributed by atoms with Gasteiger partial charge in [0.25, 0.3) is 0 Å². The highest BCUT2D eigenvalue weighted by atomic mass is 16.5. The van der Waals surface area contributed by atoms with Crippen LogP contribution in [0.15, 0.2) is 63.9 Å². The van der Waals surface area contributed by atoms with Crippen molar-refractivity contribution >= 4 is 16.9 Å². The van der Waals surface area contributed by atoms with Crippen LogP contribution in [0.3, 0.4) is 0 Å². The molecule has 2 heterocycles. The van der Waals surface area contributed by atoms with Crippen LogP contribution in [-0.4, -0.2) is 43.9 Å². The van der Waals surface area contributed by atoms with Gasteiger partial charge < -0.3 is 33.8 Å². The van der Waals surface area contributed by atoms with E-state index >= 15 is 0 Å². The summed E-state index contributed by atoms with van der Waals surface area (Å²) in [5.41, 5.74) is 0.661. The number of unbranched alkanes of at least 4 members (excludes halogenated alkanes) is 1. The Balaban J connectivity index is 1.51. The summed E-state index contributed by atoms with van der Waals surface area (Å²) in [6, 6.07) is 13.8. The minimum Gasteiger partial charge on any atom is -0.502 e. The molecule has 1 amide bonds. The second kappa shape index (κ2) is 12.7. The van der Waals surface area contributed by atoms with Gasteiger partial charge in [0, 0.05) is 24.2 Å². The van der Waals surface area contributed by atoms with E-state index in [1.807, 2.05) is 18.2 Å². The van der Waals surface area contributed by atoms with E-state index < -0.39 is 11.2 Å². The lowest BCUT2D eigenvalue weighted by atomic mass is 10.1. The summed E-state index contributed by atoms with van der Waals surface area (Å²) < 4.78 is 28.1. The number of aromatic nitrogens is 1. The monoisotopic (exact) mass is 534 g/mol. The number of hydrogen-bond donors (Lipinski definition) is 2. The third-order valence-electron chi connectivity index (χ3n) is 6.05. The van der Waals surface area contributed by atoms with Crippen molar-refractivity contribution in [2.75, 3.05) is 27.9 Å². The molecule has 2 aromatic carbocycles. The van der Waals surface area contributed by atoms with Crippen LogP contribution >= 0.6 is 0 Å². The number of benzene rings is 2. The Morgan fingerprint density at radius 2 is 1.79 bits per heavy atom. The molecule has 0 fully saturated rings. The molecule has 39 heavy (non-hydrogen) atoms. The number of pyridine rings is 1. The number of hydrogen-bond acceptors (Lipinski definition) is 9. The summed E-state index contributed by atoms with van der Waals surface area (Å²) in [5.74, 6) is 0.599. The first kappa shape index (κ1) is 27.3. The van der Waals surface area contributed by atoms with Crippen molar-refractivity contribution in [3.63, 3.8) is 0 Å². The Hall–Kier alpha value is -4.73. The molecule has 0 saturated heterocycles. The molecule has 0 saturated carbocycles. The number of aromatic hydroxyl groups is 1. The van der Waals surface area contributed by atoms with Gasteiger partial charge in [-0.2, -0.15) is 0 Å². The molecule has 10 nitrogen and oxygen atoms in total. The Morgan fingerprint density at radius 3 is 2.46 bits per heavy atom. The van der Waals surface area contributed by atoms with Crippen molar-refractivity contribution in [2.24, 2.45) is 0 Å². The van der Waals surface area contributed by atoms with Crippen LogP contribution in [0, 0.1) is 0 Å². The molecule has 2 N–H and O–H groups in total. The fraction of sp³-hybridized carbons (Fsp3) is 0.276. The molecular formula is C29H30N2O8. The van der Waals surface area contributed by atoms with E-state index in [4.69, 9.17) is 23.4 Å². The quantitative estimate of drug-likeness (QED) is 0.253. The molecule has 0 aliphatic rings. The molecule has 2 aromatic heterocycles. The van der Waals surface area contributed by atoms with Gasteiger partial charge in [0.05, 0.1) is 40.2 Å². The van der Waals surface area contributed by atoms with Crippen molar-refractivity contribution in [2.45, 2.75) is 25.8 Å². The Morgan fingerprint density at radius 1 is 1.00 bits per heavy atom. The second-order valence-corrected chi connectivity index (χ2v) is 8.56. The summed E-state index contributed by atoms with van der Waals surface area (Å²) in [6.45, 7) is 0.587. The third kappa shape index (κ3) is 6.23. The Labute approximate surface area is 225 Å². The normalized spacial score (nSPS) is 10.7. The van der Waals surface area contributed by atoms with Crippen molar-refractivity contribution in [1.29, 1.82) is 0 Å². The summed E-state index contributed by atoms with van der Waals surface area (Å²) in [6.07, 6.45) is 3.11. The van der Waals surface area contributed by atoms with Crippen LogP contribution in [-0.2, 0) is 11.3 Å². The third-order valence-corrected chi connectivity index (χ3v) is 6.05. The highest BCUT2D eigenvalue weighted by Crippen LogP contribution is 2.43. The fourth-order valence-corrected chi connectivity index (χ4v) is 4.03. The maximum absolute atomic E-state index is 13.3. The van der Waals surface area contributed by atoms with Gasteiger partial charge in [0.1, 0.15) is 16.9 Å². The van der Waals surface area contributed by atoms with Crippen LogP contribution in [0.2, 0.25) is 0 Å². The molecule has 204 valence electrons. The maximum Gasteiger partial charge on any atom is 0.238 e. The predicted octanol–water partition coefficient (Wildman–Crippen LogP) is 4.45. The average Bonchev–Trinajstić information content (AvgIpc) is 2.97. The lowest BCUT2D eigenvalue weighted by molar-refractivity contribution is -0.121. The number of carbonyl (C=O) groups is 1. The van der Waals surface area contributed by atoms with Crippen LogP contribution in [0.25, 0.3) is 22.3 Å². The lowest BCUT2D eigenvalue weighted by Gasteiger charge is -2.16. The van der Waals surface area contributed by atoms with E-state index in [2.05, 4.69) is 10.3 Å². The minimum absolute atomic E-state index is 0.0236. The standard InChI is InChI=1S/C29H30N2O8/c1-35-20-12-10-18(11-13-20)27-26(34)25(33)24-21(16-22(36-2)28(37-3)29(24)39-27)38-15-7-5-9-23(32)31-17-19-8-4-6-14-30-19/h4,6,8,10-14,16,34H,5,7,9,15,17H2,1-3H3,(H,31,32). The molecule has 0 unspecified atom stereocenters. The first-order valence-electron chi connectivity index (χ1n) is 12.3. The molecule has 4 rings (SSSR count). The predicted molar refractivity (Wildman–Crippen MR) is 145 cm³/mol. The van der Waals surface area contributed by atoms with Crippen molar-refractivity contribution in [1.82, 2.24) is 10.3 Å². The molecular weight excluding hydrogens is 504 g/mol. The van der Waals surface area contributed by atoms with E-state index in [0.29, 0.717) is 42.9 Å². The summed E-state index contributed by atoms with van der Waals surface area (Å²) in [7, 11) is 4.43. The second-order valence-electron chi connectivity index (χ2n) is 8.56. The van der Waals surface area contributed by atoms with Crippen molar-refractivity contribution < 1.29 is 33.3 Å². The number of methoxy groups -OCH3 is 3. The highest BCUT2D eigenvalue weighted by Gasteiger charge is 2.24. The smallest absolute Gasteiger partial charge is 0.238 e. The van der Waals surface area contributed by atoms with Gasteiger partial charge in [-0.15, -0.1) is 0 Å². The SMILES string of the molecule is COc1ccc(-c2oc3c(OC)c(OC)cc(OCCCCC(=O)NCc4ccccn4)c3c(=O)c2O)cc1. The topological polar surface area (TPSA) is 129 Å². The van der Waals surface area contributed by atoms with Gasteiger partial charge in [-0.1, -0.05) is 6.07 Å². The molecule has 0 aliphatic heterocycles. The molecule has 4 aromatic rings. The van der Waals surface area contributed by atoms with E-state index in [1.165, 1.54) is 20.3 Å². The van der Waals surface area contributed by atoms with E-state index in [-0.39, 0.29) is 40.7 Å². The first-order chi connectivity index (χ1) is 19.0. The summed E-state index contributed by atoms with van der Waals surface area (Å²) >= 11 is 0. The number of amides is 1. The van der Waals surface area contributed by atoms with Gasteiger partial charge in [-0.05, 0) is 49.2 Å². The number of carbonyl (C=O) groups excluding carboxylic acids is 1. The molecule has 0 aliphatic carbocycles. The maximum atomic E-state index is 13.3. The van der Waals surface area contributed by atoms with Crippen molar-refractivity contribution in [3.05, 3.63) is 70.6 Å². The zero-order valence-electron chi connectivity index (χ0n) is 22.0. The first-order valence-corrected chi connectivity index (χ1v) is 12.3. The number of nitrogens with one attached hydrogen (secondary N) is 1. The van der Waals surface area contributed by atoms with Crippen LogP contribution < -0.4 is 29.7 Å². The Kier molecular flexibility index (Phi) is 8.88. The number of ether oxygens (including phenoxy) is 4. The van der Waals surface area contributed by atoms with Gasteiger partial charge in [0.15, 0.2) is 17.1 Å². The van der Waals surface area contributed by atoms with Crippen molar-refractivity contribution in [3.8, 4) is 40.1 Å². The van der Waals surface area contributed by atoms with Gasteiger partial charge in [-0.3, -0.25) is 14.6 Å². The largest absolute Gasteiger partial charge is 0.502 e. The molecule has 0 bridgehead atoms. The average molecular weight is 535 g/mol. The van der Waals surface area contributed by atoms with Gasteiger partial charge in [0.2, 0.25) is 22.8 Å². The molecule has 10 heteroatoms. The molecule has 0 spiro atoms. The number of nitrogens with zero attached hydrogens (tertiary/aromatic N) is 1. The van der Waals surface area contributed by atoms with Crippen LogP contribution in [0.1, 0.15) is 25.0 Å². The van der Waals surface area contributed by atoms with E-state index in [1.54, 1.807) is 37.6 Å². The summed E-state index contributed by atoms with van der Waals surface area (Å²) in [5, 5.41) is 13.6. The van der Waals surface area contributed by atoms with Crippen LogP contribution in [0.4, 0.5) is 0 Å². The van der Waals surface area contributed by atoms with Gasteiger partial charge >= 0.3 is 0 Å². The van der Waals surface area contributed by atoms with E-state index in [0.717, 1.165) is 5.69 Å². The lowest BCUT2D eigenvalue weighted by Crippen LogP contribution is -2.22. The van der Waals surface area contributed by atoms with E-state index in [9.17, 15) is 14.7 Å². The number of fused-ring (bicyclic) bond motifs is 1. The summed E-state index contributed by atoms with van der Waals surface area (Å²) in [4.78, 5) is 29.7. The number of rotatable bonds is 12. The Bertz CT molecular complexity index is 1480. The molecule has 0 radical (unpaired) electrons. The van der Waals surface area contributed by atoms with Gasteiger partial charge in [-0.25, -0.2) is 0 Å². The minimum atomic E-state index is -0.674.